The van der Waals surface area contributed by atoms with Crippen LogP contribution < -0.4 is 9.47 Å². The quantitative estimate of drug-likeness (QED) is 0.834. The number of nitrogens with zero attached hydrogens (tertiary/aromatic N) is 3. The van der Waals surface area contributed by atoms with Gasteiger partial charge >= 0.3 is 0 Å². The van der Waals surface area contributed by atoms with Crippen LogP contribution in [0.3, 0.4) is 0 Å². The topological polar surface area (TPSA) is 65.5 Å². The van der Waals surface area contributed by atoms with Gasteiger partial charge in [-0.2, -0.15) is 0 Å². The van der Waals surface area contributed by atoms with Crippen LogP contribution in [0, 0.1) is 0 Å². The van der Waals surface area contributed by atoms with E-state index in [0.29, 0.717) is 30.2 Å². The number of aliphatic hydroxyl groups is 1. The molecule has 0 unspecified atom stereocenters. The summed E-state index contributed by atoms with van der Waals surface area (Å²) in [5, 5.41) is 10.5. The lowest BCUT2D eigenvalue weighted by molar-refractivity contribution is 0.0512. The normalized spacial score (nSPS) is 25.2. The second-order valence-corrected chi connectivity index (χ2v) is 6.73. The van der Waals surface area contributed by atoms with Crippen molar-refractivity contribution in [2.45, 2.75) is 12.1 Å². The summed E-state index contributed by atoms with van der Waals surface area (Å²) >= 11 is 0. The number of para-hydroxylation sites is 1. The number of benzene rings is 1. The van der Waals surface area contributed by atoms with E-state index in [4.69, 9.17) is 9.47 Å². The zero-order valence-corrected chi connectivity index (χ0v) is 15.1. The zero-order valence-electron chi connectivity index (χ0n) is 15.1. The Balaban J connectivity index is 1.74. The van der Waals surface area contributed by atoms with Gasteiger partial charge in [0.2, 0.25) is 0 Å². The molecule has 2 aliphatic rings. The Morgan fingerprint density at radius 1 is 1.12 bits per heavy atom. The molecule has 25 heavy (non-hydrogen) atoms. The molecule has 7 heteroatoms. The van der Waals surface area contributed by atoms with Crippen LogP contribution in [-0.2, 0) is 0 Å². The summed E-state index contributed by atoms with van der Waals surface area (Å²) in [5.41, 5.74) is 0.466. The number of carbonyl (C=O) groups is 1. The van der Waals surface area contributed by atoms with Crippen LogP contribution in [0.1, 0.15) is 10.4 Å². The van der Waals surface area contributed by atoms with Gasteiger partial charge in [0.25, 0.3) is 5.91 Å². The molecule has 1 N–H and O–H groups in total. The number of β-amino-alcohol motifs (C(OH)–C–C–N with tert-alkyl or cyclic N) is 1. The van der Waals surface area contributed by atoms with Gasteiger partial charge in [0.15, 0.2) is 11.5 Å². The minimum absolute atomic E-state index is 0.00532. The SMILES string of the molecule is COc1cccc(C(=O)N2C[C@@H](O)[C@H](N3CCN(C)CC3)C2)c1OC. The van der Waals surface area contributed by atoms with Gasteiger partial charge in [0.1, 0.15) is 0 Å². The maximum atomic E-state index is 13.0. The molecular weight excluding hydrogens is 322 g/mol. The number of rotatable bonds is 4. The van der Waals surface area contributed by atoms with Gasteiger partial charge < -0.3 is 24.4 Å². The van der Waals surface area contributed by atoms with Gasteiger partial charge in [0.05, 0.1) is 31.9 Å². The highest BCUT2D eigenvalue weighted by molar-refractivity contribution is 5.98. The van der Waals surface area contributed by atoms with E-state index < -0.39 is 6.10 Å². The summed E-state index contributed by atoms with van der Waals surface area (Å²) in [6, 6.07) is 5.27. The first-order valence-electron chi connectivity index (χ1n) is 8.66. The zero-order chi connectivity index (χ0) is 18.0. The number of aliphatic hydroxyl groups excluding tert-OH is 1. The van der Waals surface area contributed by atoms with E-state index in [2.05, 4.69) is 16.8 Å². The molecule has 0 aromatic heterocycles. The van der Waals surface area contributed by atoms with Crippen LogP contribution in [0.2, 0.25) is 0 Å². The highest BCUT2D eigenvalue weighted by atomic mass is 16.5. The standard InChI is InChI=1S/C18H27N3O4/c1-19-7-9-20(10-8-19)14-11-21(12-15(14)22)18(23)13-5-4-6-16(24-2)17(13)25-3/h4-6,14-15,22H,7-12H2,1-3H3/t14-,15-/m1/s1. The lowest BCUT2D eigenvalue weighted by Crippen LogP contribution is -2.52. The smallest absolute Gasteiger partial charge is 0.257 e. The third-order valence-electron chi connectivity index (χ3n) is 5.19. The van der Waals surface area contributed by atoms with Crippen molar-refractivity contribution in [2.24, 2.45) is 0 Å². The van der Waals surface area contributed by atoms with Crippen molar-refractivity contribution < 1.29 is 19.4 Å². The highest BCUT2D eigenvalue weighted by Crippen LogP contribution is 2.32. The van der Waals surface area contributed by atoms with Gasteiger partial charge in [-0.1, -0.05) is 6.07 Å². The van der Waals surface area contributed by atoms with E-state index >= 15 is 0 Å². The largest absolute Gasteiger partial charge is 0.493 e. The molecule has 0 bridgehead atoms. The summed E-state index contributed by atoms with van der Waals surface area (Å²) in [7, 11) is 5.18. The van der Waals surface area contributed by atoms with Crippen molar-refractivity contribution in [2.75, 3.05) is 60.5 Å². The van der Waals surface area contributed by atoms with Gasteiger partial charge in [-0.25, -0.2) is 0 Å². The molecule has 2 aliphatic heterocycles. The summed E-state index contributed by atoms with van der Waals surface area (Å²) in [6.45, 7) is 4.69. The monoisotopic (exact) mass is 349 g/mol. The number of ether oxygens (including phenoxy) is 2. The number of hydrogen-bond donors (Lipinski definition) is 1. The first-order valence-corrected chi connectivity index (χ1v) is 8.66. The van der Waals surface area contributed by atoms with E-state index in [-0.39, 0.29) is 11.9 Å². The van der Waals surface area contributed by atoms with Crippen molar-refractivity contribution in [1.29, 1.82) is 0 Å². The lowest BCUT2D eigenvalue weighted by Gasteiger charge is -2.37. The number of amides is 1. The molecule has 2 saturated heterocycles. The van der Waals surface area contributed by atoms with E-state index in [9.17, 15) is 9.90 Å². The van der Waals surface area contributed by atoms with Gasteiger partial charge in [0, 0.05) is 39.3 Å². The fourth-order valence-corrected chi connectivity index (χ4v) is 3.67. The minimum Gasteiger partial charge on any atom is -0.493 e. The second kappa shape index (κ2) is 7.59. The molecule has 0 saturated carbocycles. The molecule has 1 aromatic rings. The lowest BCUT2D eigenvalue weighted by atomic mass is 10.1. The van der Waals surface area contributed by atoms with Crippen LogP contribution in [0.5, 0.6) is 11.5 Å². The van der Waals surface area contributed by atoms with Crippen molar-refractivity contribution in [3.8, 4) is 11.5 Å². The Labute approximate surface area is 148 Å². The van der Waals surface area contributed by atoms with E-state index in [1.807, 2.05) is 0 Å². The molecule has 2 atom stereocenters. The molecule has 2 fully saturated rings. The number of likely N-dealkylation sites (N-methyl/N-ethyl adjacent to an activating group) is 1. The number of piperazine rings is 1. The van der Waals surface area contributed by atoms with Crippen molar-refractivity contribution in [3.05, 3.63) is 23.8 Å². The van der Waals surface area contributed by atoms with Crippen LogP contribution in [0.4, 0.5) is 0 Å². The Hall–Kier alpha value is -1.83. The Morgan fingerprint density at radius 2 is 1.84 bits per heavy atom. The molecule has 7 nitrogen and oxygen atoms in total. The average molecular weight is 349 g/mol. The summed E-state index contributed by atoms with van der Waals surface area (Å²) < 4.78 is 10.7. The third-order valence-corrected chi connectivity index (χ3v) is 5.19. The maximum absolute atomic E-state index is 13.0. The van der Waals surface area contributed by atoms with Crippen LogP contribution >= 0.6 is 0 Å². The van der Waals surface area contributed by atoms with Crippen molar-refractivity contribution in [1.82, 2.24) is 14.7 Å². The minimum atomic E-state index is -0.524. The fourth-order valence-electron chi connectivity index (χ4n) is 3.67. The summed E-state index contributed by atoms with van der Waals surface area (Å²) in [5.74, 6) is 0.836. The second-order valence-electron chi connectivity index (χ2n) is 6.73. The Morgan fingerprint density at radius 3 is 2.48 bits per heavy atom. The molecule has 1 aromatic carbocycles. The maximum Gasteiger partial charge on any atom is 0.257 e. The first-order chi connectivity index (χ1) is 12.0. The number of likely N-dealkylation sites (tertiary alicyclic amines) is 1. The predicted molar refractivity (Wildman–Crippen MR) is 94.3 cm³/mol. The number of methoxy groups -OCH3 is 2. The van der Waals surface area contributed by atoms with E-state index in [1.54, 1.807) is 30.2 Å². The number of hydrogen-bond acceptors (Lipinski definition) is 6. The molecule has 1 amide bonds. The highest BCUT2D eigenvalue weighted by Gasteiger charge is 2.39. The van der Waals surface area contributed by atoms with E-state index in [0.717, 1.165) is 26.2 Å². The average Bonchev–Trinajstić information content (AvgIpc) is 3.02. The number of carbonyl (C=O) groups excluding carboxylic acids is 1. The fraction of sp³-hybridized carbons (Fsp3) is 0.611. The van der Waals surface area contributed by atoms with Crippen LogP contribution in [-0.4, -0.2) is 98.4 Å². The molecule has 2 heterocycles. The van der Waals surface area contributed by atoms with Crippen LogP contribution in [0.15, 0.2) is 18.2 Å². The Bertz CT molecular complexity index is 616. The molecule has 0 radical (unpaired) electrons. The van der Waals surface area contributed by atoms with Gasteiger partial charge in [-0.15, -0.1) is 0 Å². The van der Waals surface area contributed by atoms with Gasteiger partial charge in [-0.3, -0.25) is 9.69 Å². The Kier molecular flexibility index (Phi) is 5.46. The first kappa shape index (κ1) is 18.0. The third kappa shape index (κ3) is 3.58. The van der Waals surface area contributed by atoms with Crippen molar-refractivity contribution >= 4 is 5.91 Å². The van der Waals surface area contributed by atoms with E-state index in [1.165, 1.54) is 7.11 Å². The summed E-state index contributed by atoms with van der Waals surface area (Å²) in [6.07, 6.45) is -0.524. The summed E-state index contributed by atoms with van der Waals surface area (Å²) in [4.78, 5) is 19.3. The molecule has 0 spiro atoms. The predicted octanol–water partition coefficient (Wildman–Crippen LogP) is 0.137. The molecule has 138 valence electrons. The molecular formula is C18H27N3O4. The molecule has 3 rings (SSSR count). The molecule has 0 aliphatic carbocycles. The van der Waals surface area contributed by atoms with Crippen molar-refractivity contribution in [3.63, 3.8) is 0 Å². The van der Waals surface area contributed by atoms with Gasteiger partial charge in [-0.05, 0) is 19.2 Å². The van der Waals surface area contributed by atoms with Crippen LogP contribution in [0.25, 0.3) is 0 Å².